The molecular weight excluding hydrogens is 412 g/mol. The van der Waals surface area contributed by atoms with Gasteiger partial charge in [-0.1, -0.05) is 129 Å². The topological polar surface area (TPSA) is 66.8 Å². The Hall–Kier alpha value is -1.71. The van der Waals surface area contributed by atoms with Crippen molar-refractivity contribution in [1.82, 2.24) is 0 Å². The normalized spacial score (nSPS) is 11.1. The van der Waals surface area contributed by atoms with Crippen molar-refractivity contribution in [2.24, 2.45) is 0 Å². The minimum Gasteiger partial charge on any atom is -0.508 e. The predicted molar refractivity (Wildman–Crippen MR) is 138 cm³/mol. The standard InChI is InChI=1S/C29H50O4/c1-2-3-4-5-6-7-8-9-10-11-12-13-14-15-16-17-18-19-20-21-22-33-29(32)26-23-27(30)25-28(31)24-26/h23-25,30-31H,2-22H2,1H3. The van der Waals surface area contributed by atoms with E-state index in [0.717, 1.165) is 12.8 Å². The molecule has 0 aliphatic carbocycles. The van der Waals surface area contributed by atoms with Crippen molar-refractivity contribution in [3.8, 4) is 11.5 Å². The van der Waals surface area contributed by atoms with Gasteiger partial charge in [0.1, 0.15) is 11.5 Å². The van der Waals surface area contributed by atoms with Gasteiger partial charge in [-0.25, -0.2) is 4.79 Å². The Morgan fingerprint density at radius 2 is 0.909 bits per heavy atom. The molecule has 0 aromatic heterocycles. The first-order valence-corrected chi connectivity index (χ1v) is 13.8. The first kappa shape index (κ1) is 29.3. The average molecular weight is 463 g/mol. The Balaban J connectivity index is 1.77. The van der Waals surface area contributed by atoms with Gasteiger partial charge in [0.05, 0.1) is 12.2 Å². The molecule has 1 aromatic rings. The van der Waals surface area contributed by atoms with Crippen molar-refractivity contribution in [2.45, 2.75) is 135 Å². The summed E-state index contributed by atoms with van der Waals surface area (Å²) in [4.78, 5) is 11.9. The highest BCUT2D eigenvalue weighted by atomic mass is 16.5. The third kappa shape index (κ3) is 17.4. The second-order valence-electron chi connectivity index (χ2n) is 9.59. The first-order chi connectivity index (χ1) is 16.1. The van der Waals surface area contributed by atoms with Crippen LogP contribution < -0.4 is 0 Å². The van der Waals surface area contributed by atoms with Crippen LogP contribution in [0.15, 0.2) is 18.2 Å². The Morgan fingerprint density at radius 3 is 1.27 bits per heavy atom. The fourth-order valence-corrected chi connectivity index (χ4v) is 4.32. The molecule has 0 unspecified atom stereocenters. The van der Waals surface area contributed by atoms with Crippen LogP contribution in [-0.4, -0.2) is 22.8 Å². The number of phenols is 2. The van der Waals surface area contributed by atoms with Crippen LogP contribution in [0.25, 0.3) is 0 Å². The molecule has 0 fully saturated rings. The monoisotopic (exact) mass is 462 g/mol. The Morgan fingerprint density at radius 1 is 0.576 bits per heavy atom. The summed E-state index contributed by atoms with van der Waals surface area (Å²) in [7, 11) is 0. The first-order valence-electron chi connectivity index (χ1n) is 13.8. The maximum absolute atomic E-state index is 11.9. The van der Waals surface area contributed by atoms with E-state index in [0.29, 0.717) is 6.61 Å². The van der Waals surface area contributed by atoms with Gasteiger partial charge in [-0.2, -0.15) is 0 Å². The number of benzene rings is 1. The molecular formula is C29H50O4. The molecule has 0 saturated carbocycles. The van der Waals surface area contributed by atoms with Crippen LogP contribution in [0, 0.1) is 0 Å². The van der Waals surface area contributed by atoms with Gasteiger partial charge in [0.15, 0.2) is 0 Å². The van der Waals surface area contributed by atoms with E-state index in [1.54, 1.807) is 0 Å². The molecule has 0 spiro atoms. The zero-order chi connectivity index (χ0) is 24.0. The third-order valence-electron chi connectivity index (χ3n) is 6.37. The van der Waals surface area contributed by atoms with E-state index in [2.05, 4.69) is 6.92 Å². The maximum atomic E-state index is 11.9. The number of ether oxygens (including phenoxy) is 1. The zero-order valence-corrected chi connectivity index (χ0v) is 21.3. The number of hydrogen-bond acceptors (Lipinski definition) is 4. The molecule has 4 nitrogen and oxygen atoms in total. The summed E-state index contributed by atoms with van der Waals surface area (Å²) in [5, 5.41) is 18.8. The summed E-state index contributed by atoms with van der Waals surface area (Å²) in [5.41, 5.74) is 0.181. The van der Waals surface area contributed by atoms with E-state index in [9.17, 15) is 15.0 Å². The molecule has 2 N–H and O–H groups in total. The number of rotatable bonds is 22. The smallest absolute Gasteiger partial charge is 0.338 e. The van der Waals surface area contributed by atoms with Gasteiger partial charge < -0.3 is 14.9 Å². The summed E-state index contributed by atoms with van der Waals surface area (Å²) < 4.78 is 5.21. The largest absolute Gasteiger partial charge is 0.508 e. The summed E-state index contributed by atoms with van der Waals surface area (Å²) in [6.07, 6.45) is 26.8. The van der Waals surface area contributed by atoms with E-state index >= 15 is 0 Å². The Kier molecular flexibility index (Phi) is 18.5. The molecule has 190 valence electrons. The van der Waals surface area contributed by atoms with Crippen molar-refractivity contribution >= 4 is 5.97 Å². The molecule has 0 saturated heterocycles. The van der Waals surface area contributed by atoms with Gasteiger partial charge in [-0.3, -0.25) is 0 Å². The second-order valence-corrected chi connectivity index (χ2v) is 9.59. The molecule has 0 aliphatic rings. The van der Waals surface area contributed by atoms with Crippen molar-refractivity contribution in [1.29, 1.82) is 0 Å². The Labute approximate surface area is 203 Å². The molecule has 0 heterocycles. The fraction of sp³-hybridized carbons (Fsp3) is 0.759. The zero-order valence-electron chi connectivity index (χ0n) is 21.3. The minimum absolute atomic E-state index is 0.138. The van der Waals surface area contributed by atoms with Crippen molar-refractivity contribution < 1.29 is 19.7 Å². The number of unbranched alkanes of at least 4 members (excludes halogenated alkanes) is 19. The van der Waals surface area contributed by atoms with Crippen LogP contribution in [-0.2, 0) is 4.74 Å². The second kappa shape index (κ2) is 20.9. The van der Waals surface area contributed by atoms with E-state index in [1.165, 1.54) is 134 Å². The lowest BCUT2D eigenvalue weighted by Gasteiger charge is -2.06. The van der Waals surface area contributed by atoms with Crippen LogP contribution >= 0.6 is 0 Å². The van der Waals surface area contributed by atoms with Gasteiger partial charge >= 0.3 is 5.97 Å². The van der Waals surface area contributed by atoms with Crippen LogP contribution in [0.5, 0.6) is 11.5 Å². The van der Waals surface area contributed by atoms with E-state index in [4.69, 9.17) is 4.74 Å². The molecule has 33 heavy (non-hydrogen) atoms. The van der Waals surface area contributed by atoms with E-state index in [-0.39, 0.29) is 17.1 Å². The number of phenolic OH excluding ortho intramolecular Hbond substituents is 2. The average Bonchev–Trinajstić information content (AvgIpc) is 2.79. The van der Waals surface area contributed by atoms with E-state index in [1.807, 2.05) is 0 Å². The van der Waals surface area contributed by atoms with Gasteiger partial charge in [-0.05, 0) is 18.6 Å². The molecule has 0 radical (unpaired) electrons. The maximum Gasteiger partial charge on any atom is 0.338 e. The van der Waals surface area contributed by atoms with Crippen molar-refractivity contribution in [3.63, 3.8) is 0 Å². The quantitative estimate of drug-likeness (QED) is 0.133. The van der Waals surface area contributed by atoms with Gasteiger partial charge in [0, 0.05) is 6.07 Å². The summed E-state index contributed by atoms with van der Waals surface area (Å²) in [6, 6.07) is 3.80. The number of carbonyl (C=O) groups is 1. The Bertz CT molecular complexity index is 579. The summed E-state index contributed by atoms with van der Waals surface area (Å²) in [5.74, 6) is -0.777. The molecule has 1 rings (SSSR count). The fourth-order valence-electron chi connectivity index (χ4n) is 4.32. The molecule has 0 amide bonds. The highest BCUT2D eigenvalue weighted by Crippen LogP contribution is 2.21. The van der Waals surface area contributed by atoms with Crippen LogP contribution in [0.3, 0.4) is 0 Å². The number of aromatic hydroxyl groups is 2. The number of carbonyl (C=O) groups excluding carboxylic acids is 1. The van der Waals surface area contributed by atoms with Gasteiger partial charge in [0.2, 0.25) is 0 Å². The summed E-state index contributed by atoms with van der Waals surface area (Å²) in [6.45, 7) is 2.66. The summed E-state index contributed by atoms with van der Waals surface area (Å²) >= 11 is 0. The molecule has 4 heteroatoms. The van der Waals surface area contributed by atoms with Gasteiger partial charge in [-0.15, -0.1) is 0 Å². The SMILES string of the molecule is CCCCCCCCCCCCCCCCCCCCCCOC(=O)c1cc(O)cc(O)c1. The van der Waals surface area contributed by atoms with E-state index < -0.39 is 5.97 Å². The van der Waals surface area contributed by atoms with Gasteiger partial charge in [0.25, 0.3) is 0 Å². The molecule has 0 atom stereocenters. The predicted octanol–water partition coefficient (Wildman–Crippen LogP) is 9.08. The van der Waals surface area contributed by atoms with Crippen LogP contribution in [0.2, 0.25) is 0 Å². The lowest BCUT2D eigenvalue weighted by molar-refractivity contribution is 0.0496. The minimum atomic E-state index is -0.501. The van der Waals surface area contributed by atoms with Crippen molar-refractivity contribution in [2.75, 3.05) is 6.61 Å². The third-order valence-corrected chi connectivity index (χ3v) is 6.37. The van der Waals surface area contributed by atoms with Crippen LogP contribution in [0.4, 0.5) is 0 Å². The molecule has 0 aliphatic heterocycles. The lowest BCUT2D eigenvalue weighted by Crippen LogP contribution is -2.06. The lowest BCUT2D eigenvalue weighted by atomic mass is 10.0. The van der Waals surface area contributed by atoms with Crippen molar-refractivity contribution in [3.05, 3.63) is 23.8 Å². The molecule has 1 aromatic carbocycles. The number of esters is 1. The highest BCUT2D eigenvalue weighted by molar-refractivity contribution is 5.90. The molecule has 0 bridgehead atoms. The van der Waals surface area contributed by atoms with Crippen LogP contribution in [0.1, 0.15) is 146 Å². The number of hydrogen-bond donors (Lipinski definition) is 2. The highest BCUT2D eigenvalue weighted by Gasteiger charge is 2.09.